The topological polar surface area (TPSA) is 131 Å². The van der Waals surface area contributed by atoms with Crippen LogP contribution in [0.1, 0.15) is 61.8 Å². The Morgan fingerprint density at radius 3 is 2.49 bits per heavy atom. The molecule has 5 rings (SSSR count). The van der Waals surface area contributed by atoms with Gasteiger partial charge in [0.1, 0.15) is 16.9 Å². The second-order valence-corrected chi connectivity index (χ2v) is 11.6. The molecule has 3 N–H and O–H groups in total. The van der Waals surface area contributed by atoms with Gasteiger partial charge in [-0.15, -0.1) is 11.3 Å². The minimum Gasteiger partial charge on any atom is -0.368 e. The summed E-state index contributed by atoms with van der Waals surface area (Å²) in [5.74, 6) is -0.668. The Morgan fingerprint density at radius 1 is 1.03 bits per heavy atom. The van der Waals surface area contributed by atoms with E-state index in [2.05, 4.69) is 15.2 Å². The van der Waals surface area contributed by atoms with E-state index in [-0.39, 0.29) is 42.8 Å². The first-order valence-electron chi connectivity index (χ1n) is 13.5. The Kier molecular flexibility index (Phi) is 7.62. The Bertz CT molecular complexity index is 1240. The molecule has 2 fully saturated rings. The van der Waals surface area contributed by atoms with Crippen LogP contribution < -0.4 is 16.6 Å². The molecule has 0 atom stereocenters. The van der Waals surface area contributed by atoms with E-state index >= 15 is 0 Å². The number of amides is 3. The lowest BCUT2D eigenvalue weighted by Crippen LogP contribution is -2.63. The minimum atomic E-state index is -0.657. The molecule has 0 saturated carbocycles. The first kappa shape index (κ1) is 25.8. The molecule has 0 aromatic carbocycles. The van der Waals surface area contributed by atoms with E-state index in [1.165, 1.54) is 22.2 Å². The smallest absolute Gasteiger partial charge is 0.262 e. The number of aromatic nitrogens is 2. The maximum atomic E-state index is 13.1. The third-order valence-electron chi connectivity index (χ3n) is 8.28. The lowest BCUT2D eigenvalue weighted by molar-refractivity contribution is -0.142. The zero-order chi connectivity index (χ0) is 26.0. The van der Waals surface area contributed by atoms with Crippen LogP contribution in [0.2, 0.25) is 0 Å². The second kappa shape index (κ2) is 10.9. The van der Waals surface area contributed by atoms with Gasteiger partial charge in [0, 0.05) is 30.9 Å². The molecule has 1 aliphatic carbocycles. The lowest BCUT2D eigenvalue weighted by atomic mass is 9.83. The van der Waals surface area contributed by atoms with Crippen LogP contribution in [0.15, 0.2) is 11.1 Å². The third kappa shape index (κ3) is 5.16. The van der Waals surface area contributed by atoms with Gasteiger partial charge in [0.25, 0.3) is 5.56 Å². The number of piperidine rings is 2. The van der Waals surface area contributed by atoms with Crippen molar-refractivity contribution in [3.8, 4) is 0 Å². The van der Waals surface area contributed by atoms with E-state index in [9.17, 15) is 19.2 Å². The first-order chi connectivity index (χ1) is 17.9. The van der Waals surface area contributed by atoms with Gasteiger partial charge >= 0.3 is 0 Å². The number of aryl methyl sites for hydroxylation is 2. The van der Waals surface area contributed by atoms with Crippen molar-refractivity contribution in [3.05, 3.63) is 27.1 Å². The molecule has 0 spiro atoms. The van der Waals surface area contributed by atoms with E-state index < -0.39 is 5.54 Å². The van der Waals surface area contributed by atoms with Crippen molar-refractivity contribution >= 4 is 39.3 Å². The zero-order valence-corrected chi connectivity index (χ0v) is 22.1. The maximum absolute atomic E-state index is 13.1. The molecule has 2 aromatic heterocycles. The summed E-state index contributed by atoms with van der Waals surface area (Å²) in [7, 11) is 0. The van der Waals surface area contributed by atoms with E-state index in [0.717, 1.165) is 62.0 Å². The van der Waals surface area contributed by atoms with Crippen LogP contribution in [0.3, 0.4) is 0 Å². The van der Waals surface area contributed by atoms with Crippen LogP contribution in [0.4, 0.5) is 0 Å². The molecule has 0 bridgehead atoms. The molecule has 11 heteroatoms. The number of nitrogens with one attached hydrogen (secondary N) is 1. The van der Waals surface area contributed by atoms with Crippen molar-refractivity contribution in [2.45, 2.75) is 76.3 Å². The number of rotatable bonds is 7. The van der Waals surface area contributed by atoms with Crippen molar-refractivity contribution in [1.29, 1.82) is 0 Å². The van der Waals surface area contributed by atoms with E-state index in [4.69, 9.17) is 5.73 Å². The van der Waals surface area contributed by atoms with Crippen LogP contribution in [-0.4, -0.2) is 75.3 Å². The summed E-state index contributed by atoms with van der Waals surface area (Å²) in [5.41, 5.74) is 6.12. The van der Waals surface area contributed by atoms with Gasteiger partial charge in [-0.1, -0.05) is 6.42 Å². The SMILES string of the molecule is NC(=O)C1(N2CCCCC2)CCN(C(=O)CCNC(=O)Cn2cnc3sc4c(c3c2=O)CCCC4)CC1. The Balaban J connectivity index is 1.12. The van der Waals surface area contributed by atoms with Gasteiger partial charge in [-0.05, 0) is 70.0 Å². The van der Waals surface area contributed by atoms with Gasteiger partial charge in [0.05, 0.1) is 11.7 Å². The van der Waals surface area contributed by atoms with Gasteiger partial charge in [-0.3, -0.25) is 28.6 Å². The molecule has 10 nitrogen and oxygen atoms in total. The minimum absolute atomic E-state index is 0.0535. The largest absolute Gasteiger partial charge is 0.368 e. The zero-order valence-electron chi connectivity index (χ0n) is 21.3. The number of fused-ring (bicyclic) bond motifs is 3. The number of hydrogen-bond donors (Lipinski definition) is 2. The molecule has 2 aliphatic heterocycles. The molecular weight excluding hydrogens is 492 g/mol. The molecule has 37 heavy (non-hydrogen) atoms. The number of nitrogens with two attached hydrogens (primary N) is 1. The molecule has 0 radical (unpaired) electrons. The highest BCUT2D eigenvalue weighted by Gasteiger charge is 2.45. The van der Waals surface area contributed by atoms with Crippen LogP contribution >= 0.6 is 11.3 Å². The van der Waals surface area contributed by atoms with Gasteiger partial charge < -0.3 is 16.0 Å². The average molecular weight is 529 g/mol. The number of hydrogen-bond acceptors (Lipinski definition) is 7. The van der Waals surface area contributed by atoms with Crippen molar-refractivity contribution in [1.82, 2.24) is 24.7 Å². The molecule has 3 aliphatic rings. The summed E-state index contributed by atoms with van der Waals surface area (Å²) >= 11 is 1.59. The molecule has 4 heterocycles. The van der Waals surface area contributed by atoms with Crippen molar-refractivity contribution in [3.63, 3.8) is 0 Å². The van der Waals surface area contributed by atoms with Gasteiger partial charge in [-0.25, -0.2) is 4.98 Å². The summed E-state index contributed by atoms with van der Waals surface area (Å²) < 4.78 is 1.36. The van der Waals surface area contributed by atoms with E-state index in [1.807, 2.05) is 0 Å². The highest BCUT2D eigenvalue weighted by molar-refractivity contribution is 7.18. The number of thiophene rings is 1. The van der Waals surface area contributed by atoms with Crippen molar-refractivity contribution in [2.24, 2.45) is 5.73 Å². The monoisotopic (exact) mass is 528 g/mol. The summed E-state index contributed by atoms with van der Waals surface area (Å²) in [6.07, 6.45) is 10.1. The Morgan fingerprint density at radius 2 is 1.76 bits per heavy atom. The molecule has 2 aromatic rings. The predicted octanol–water partition coefficient (Wildman–Crippen LogP) is 1.18. The van der Waals surface area contributed by atoms with Crippen LogP contribution in [0, 0.1) is 0 Å². The fraction of sp³-hybridized carbons (Fsp3) is 0.654. The van der Waals surface area contributed by atoms with Crippen LogP contribution in [0.5, 0.6) is 0 Å². The molecular formula is C26H36N6O4S. The number of carbonyl (C=O) groups excluding carboxylic acids is 3. The Hall–Kier alpha value is -2.79. The fourth-order valence-corrected chi connectivity index (χ4v) is 7.36. The predicted molar refractivity (Wildman–Crippen MR) is 141 cm³/mol. The standard InChI is InChI=1S/C26H36N6O4S/c27-25(36)26(32-12-4-1-5-13-32)9-14-30(15-10-26)21(34)8-11-28-20(33)16-31-17-29-23-22(24(31)35)18-6-2-3-7-19(18)37-23/h17H,1-16H2,(H2,27,36)(H,28,33). The summed E-state index contributed by atoms with van der Waals surface area (Å²) in [5, 5.41) is 3.42. The van der Waals surface area contributed by atoms with Gasteiger partial charge in [-0.2, -0.15) is 0 Å². The number of nitrogens with zero attached hydrogens (tertiary/aromatic N) is 4. The van der Waals surface area contributed by atoms with Crippen LogP contribution in [-0.2, 0) is 33.8 Å². The number of likely N-dealkylation sites (tertiary alicyclic amines) is 2. The fourth-order valence-electron chi connectivity index (χ4n) is 6.14. The highest BCUT2D eigenvalue weighted by atomic mass is 32.1. The number of carbonyl (C=O) groups is 3. The van der Waals surface area contributed by atoms with Crippen molar-refractivity contribution in [2.75, 3.05) is 32.7 Å². The Labute approximate surface area is 220 Å². The first-order valence-corrected chi connectivity index (χ1v) is 14.3. The van der Waals surface area contributed by atoms with Crippen molar-refractivity contribution < 1.29 is 14.4 Å². The average Bonchev–Trinajstić information content (AvgIpc) is 3.30. The summed E-state index contributed by atoms with van der Waals surface area (Å²) in [6.45, 7) is 2.80. The molecule has 200 valence electrons. The lowest BCUT2D eigenvalue weighted by Gasteiger charge is -2.48. The molecule has 2 saturated heterocycles. The van der Waals surface area contributed by atoms with E-state index in [1.54, 1.807) is 16.2 Å². The summed E-state index contributed by atoms with van der Waals surface area (Å²) in [6, 6.07) is 0. The second-order valence-electron chi connectivity index (χ2n) is 10.5. The highest BCUT2D eigenvalue weighted by Crippen LogP contribution is 2.33. The maximum Gasteiger partial charge on any atom is 0.262 e. The van der Waals surface area contributed by atoms with Gasteiger partial charge in [0.15, 0.2) is 0 Å². The van der Waals surface area contributed by atoms with Gasteiger partial charge in [0.2, 0.25) is 17.7 Å². The van der Waals surface area contributed by atoms with E-state index in [0.29, 0.717) is 31.3 Å². The normalized spacial score (nSPS) is 19.9. The summed E-state index contributed by atoms with van der Waals surface area (Å²) in [4.78, 5) is 61.2. The molecule has 3 amide bonds. The van der Waals surface area contributed by atoms with Crippen LogP contribution in [0.25, 0.3) is 10.2 Å². The number of primary amides is 1. The quantitative estimate of drug-likeness (QED) is 0.555. The molecule has 0 unspecified atom stereocenters. The third-order valence-corrected chi connectivity index (χ3v) is 9.48.